The van der Waals surface area contributed by atoms with E-state index in [4.69, 9.17) is 4.98 Å². The minimum absolute atomic E-state index is 0.418. The summed E-state index contributed by atoms with van der Waals surface area (Å²) >= 11 is 1.60. The molecule has 1 unspecified atom stereocenters. The van der Waals surface area contributed by atoms with Crippen molar-refractivity contribution in [2.24, 2.45) is 0 Å². The van der Waals surface area contributed by atoms with E-state index in [9.17, 15) is 0 Å². The first kappa shape index (κ1) is 17.0. The Morgan fingerprint density at radius 3 is 2.83 bits per heavy atom. The second-order valence-electron chi connectivity index (χ2n) is 6.16. The van der Waals surface area contributed by atoms with Crippen molar-refractivity contribution >= 4 is 23.4 Å². The lowest BCUT2D eigenvalue weighted by Gasteiger charge is -2.39. The highest BCUT2D eigenvalue weighted by Gasteiger charge is 2.26. The summed E-state index contributed by atoms with van der Waals surface area (Å²) in [6.07, 6.45) is 7.74. The van der Waals surface area contributed by atoms with Gasteiger partial charge in [0.1, 0.15) is 18.0 Å². The summed E-state index contributed by atoms with van der Waals surface area (Å²) < 4.78 is 0. The van der Waals surface area contributed by atoms with E-state index in [-0.39, 0.29) is 0 Å². The van der Waals surface area contributed by atoms with Crippen molar-refractivity contribution in [3.8, 4) is 0 Å². The van der Waals surface area contributed by atoms with Crippen LogP contribution in [-0.2, 0) is 0 Å². The van der Waals surface area contributed by atoms with E-state index >= 15 is 0 Å². The summed E-state index contributed by atoms with van der Waals surface area (Å²) in [6.45, 7) is 6.17. The predicted octanol–water partition coefficient (Wildman–Crippen LogP) is 2.71. The lowest BCUT2D eigenvalue weighted by atomic mass is 10.0. The summed E-state index contributed by atoms with van der Waals surface area (Å²) in [6, 6.07) is 2.38. The molecule has 0 aliphatic carbocycles. The van der Waals surface area contributed by atoms with Gasteiger partial charge >= 0.3 is 0 Å². The van der Waals surface area contributed by atoms with Gasteiger partial charge in [0.25, 0.3) is 0 Å². The Morgan fingerprint density at radius 2 is 2.12 bits per heavy atom. The molecular formula is C17H24N6S. The number of hydrogen-bond acceptors (Lipinski definition) is 7. The summed E-state index contributed by atoms with van der Waals surface area (Å²) in [5, 5.41) is 0.847. The van der Waals surface area contributed by atoms with Crippen molar-refractivity contribution < 1.29 is 0 Å². The highest BCUT2D eigenvalue weighted by atomic mass is 32.2. The zero-order valence-corrected chi connectivity index (χ0v) is 15.5. The van der Waals surface area contributed by atoms with Crippen LogP contribution in [-0.4, -0.2) is 52.4 Å². The van der Waals surface area contributed by atoms with E-state index in [1.807, 2.05) is 12.3 Å². The maximum atomic E-state index is 4.78. The van der Waals surface area contributed by atoms with Gasteiger partial charge in [-0.2, -0.15) is 0 Å². The molecule has 0 N–H and O–H groups in total. The molecule has 1 atom stereocenters. The smallest absolute Gasteiger partial charge is 0.189 e. The molecule has 3 rings (SSSR count). The summed E-state index contributed by atoms with van der Waals surface area (Å²) in [7, 11) is 2.11. The molecule has 128 valence electrons. The van der Waals surface area contributed by atoms with E-state index in [0.717, 1.165) is 48.4 Å². The minimum Gasteiger partial charge on any atom is -0.355 e. The lowest BCUT2D eigenvalue weighted by molar-refractivity contribution is 0.481. The topological polar surface area (TPSA) is 58.0 Å². The van der Waals surface area contributed by atoms with Crippen molar-refractivity contribution in [2.75, 3.05) is 36.2 Å². The number of rotatable bonds is 4. The Morgan fingerprint density at radius 1 is 1.29 bits per heavy atom. The second-order valence-corrected chi connectivity index (χ2v) is 6.94. The fraction of sp³-hybridized carbons (Fsp3) is 0.529. The fourth-order valence-electron chi connectivity index (χ4n) is 3.13. The second kappa shape index (κ2) is 7.34. The van der Waals surface area contributed by atoms with E-state index in [1.165, 1.54) is 5.56 Å². The third-order valence-corrected chi connectivity index (χ3v) is 5.24. The molecule has 0 radical (unpaired) electrons. The van der Waals surface area contributed by atoms with Gasteiger partial charge in [0.15, 0.2) is 5.16 Å². The summed E-state index contributed by atoms with van der Waals surface area (Å²) in [5.41, 5.74) is 2.24. The van der Waals surface area contributed by atoms with Crippen molar-refractivity contribution in [1.82, 2.24) is 19.9 Å². The van der Waals surface area contributed by atoms with Crippen LogP contribution in [0.25, 0.3) is 0 Å². The predicted molar refractivity (Wildman–Crippen MR) is 99.0 cm³/mol. The quantitative estimate of drug-likeness (QED) is 0.624. The molecule has 2 aromatic rings. The monoisotopic (exact) mass is 344 g/mol. The number of aromatic nitrogens is 4. The molecule has 1 saturated heterocycles. The Hall–Kier alpha value is -1.89. The van der Waals surface area contributed by atoms with Gasteiger partial charge in [-0.1, -0.05) is 11.8 Å². The zero-order valence-electron chi connectivity index (χ0n) is 14.7. The van der Waals surface area contributed by atoms with Gasteiger partial charge in [-0.15, -0.1) is 0 Å². The molecule has 0 bridgehead atoms. The molecule has 7 heteroatoms. The molecule has 0 amide bonds. The number of aryl methyl sites for hydroxylation is 1. The fourth-order valence-corrected chi connectivity index (χ4v) is 3.54. The number of hydrogen-bond donors (Lipinski definition) is 0. The number of anilines is 2. The van der Waals surface area contributed by atoms with E-state index < -0.39 is 0 Å². The summed E-state index contributed by atoms with van der Waals surface area (Å²) in [5.74, 6) is 2.05. The van der Waals surface area contributed by atoms with Gasteiger partial charge < -0.3 is 9.80 Å². The summed E-state index contributed by atoms with van der Waals surface area (Å²) in [4.78, 5) is 22.4. The highest BCUT2D eigenvalue weighted by Crippen LogP contribution is 2.27. The minimum atomic E-state index is 0.418. The number of piperidine rings is 1. The van der Waals surface area contributed by atoms with E-state index in [2.05, 4.69) is 45.6 Å². The molecule has 24 heavy (non-hydrogen) atoms. The van der Waals surface area contributed by atoms with Crippen LogP contribution in [0, 0.1) is 13.8 Å². The Balaban J connectivity index is 1.82. The van der Waals surface area contributed by atoms with Gasteiger partial charge in [-0.05, 0) is 39.0 Å². The van der Waals surface area contributed by atoms with Gasteiger partial charge in [-0.25, -0.2) is 19.9 Å². The van der Waals surface area contributed by atoms with Crippen molar-refractivity contribution in [3.05, 3.63) is 29.8 Å². The van der Waals surface area contributed by atoms with Crippen molar-refractivity contribution in [2.45, 2.75) is 37.9 Å². The van der Waals surface area contributed by atoms with Gasteiger partial charge in [0, 0.05) is 43.6 Å². The zero-order chi connectivity index (χ0) is 17.1. The van der Waals surface area contributed by atoms with Crippen LogP contribution in [0.1, 0.15) is 24.1 Å². The molecule has 6 nitrogen and oxygen atoms in total. The van der Waals surface area contributed by atoms with E-state index in [0.29, 0.717) is 6.04 Å². The maximum absolute atomic E-state index is 4.78. The SMILES string of the molecule is CSc1nc(C)c(C)c(N2CCCC(N(C)c3ccncn3)C2)n1. The Kier molecular flexibility index (Phi) is 5.18. The van der Waals surface area contributed by atoms with Crippen LogP contribution in [0.4, 0.5) is 11.6 Å². The van der Waals surface area contributed by atoms with Crippen molar-refractivity contribution in [1.29, 1.82) is 0 Å². The molecule has 0 aromatic carbocycles. The Labute approximate surface area is 147 Å². The Bertz CT molecular complexity index is 693. The highest BCUT2D eigenvalue weighted by molar-refractivity contribution is 7.98. The van der Waals surface area contributed by atoms with E-state index in [1.54, 1.807) is 24.3 Å². The van der Waals surface area contributed by atoms with Crippen LogP contribution in [0.15, 0.2) is 23.7 Å². The van der Waals surface area contributed by atoms with Gasteiger partial charge in [0.2, 0.25) is 0 Å². The molecule has 0 spiro atoms. The van der Waals surface area contributed by atoms with Crippen LogP contribution in [0.3, 0.4) is 0 Å². The van der Waals surface area contributed by atoms with Crippen LogP contribution in [0.2, 0.25) is 0 Å². The maximum Gasteiger partial charge on any atom is 0.189 e. The number of likely N-dealkylation sites (N-methyl/N-ethyl adjacent to an activating group) is 1. The molecule has 0 saturated carbocycles. The normalized spacial score (nSPS) is 17.8. The van der Waals surface area contributed by atoms with Gasteiger partial charge in [0.05, 0.1) is 0 Å². The van der Waals surface area contributed by atoms with Crippen LogP contribution < -0.4 is 9.80 Å². The molecule has 1 aliphatic heterocycles. The number of thioether (sulfide) groups is 1. The van der Waals surface area contributed by atoms with Crippen molar-refractivity contribution in [3.63, 3.8) is 0 Å². The molecule has 1 fully saturated rings. The average Bonchev–Trinajstić information content (AvgIpc) is 2.64. The first-order valence-corrected chi connectivity index (χ1v) is 9.45. The van der Waals surface area contributed by atoms with Crippen LogP contribution >= 0.6 is 11.8 Å². The van der Waals surface area contributed by atoms with Crippen LogP contribution in [0.5, 0.6) is 0 Å². The molecule has 2 aromatic heterocycles. The number of nitrogens with zero attached hydrogens (tertiary/aromatic N) is 6. The molecule has 1 aliphatic rings. The molecular weight excluding hydrogens is 320 g/mol. The average molecular weight is 344 g/mol. The van der Waals surface area contributed by atoms with Gasteiger partial charge in [-0.3, -0.25) is 0 Å². The first-order valence-electron chi connectivity index (χ1n) is 8.23. The standard InChI is InChI=1S/C17H24N6S/c1-12-13(2)20-17(24-4)21-16(12)23-9-5-6-14(10-23)22(3)15-7-8-18-11-19-15/h7-8,11,14H,5-6,9-10H2,1-4H3. The first-order chi connectivity index (χ1) is 11.6. The third-order valence-electron chi connectivity index (χ3n) is 4.70. The lowest BCUT2D eigenvalue weighted by Crippen LogP contribution is -2.47. The molecule has 3 heterocycles. The largest absolute Gasteiger partial charge is 0.355 e. The third kappa shape index (κ3) is 3.45.